The Morgan fingerprint density at radius 2 is 2.11 bits per heavy atom. The Balaban J connectivity index is 1.69. The van der Waals surface area contributed by atoms with Crippen LogP contribution in [0, 0.1) is 12.7 Å². The number of nitrogen functional groups attached to an aromatic ring is 1. The van der Waals surface area contributed by atoms with Crippen molar-refractivity contribution in [2.45, 2.75) is 12.1 Å². The zero-order valence-corrected chi connectivity index (χ0v) is 16.6. The van der Waals surface area contributed by atoms with Crippen LogP contribution in [-0.2, 0) is 4.79 Å². The number of hydrogen-bond acceptors (Lipinski definition) is 6. The molecule has 0 spiro atoms. The number of ether oxygens (including phenoxy) is 1. The molecule has 0 radical (unpaired) electrons. The number of thioether (sulfide) groups is 1. The summed E-state index contributed by atoms with van der Waals surface area (Å²) >= 11 is 7.15. The average molecular weight is 422 g/mol. The fourth-order valence-electron chi connectivity index (χ4n) is 2.45. The number of benzene rings is 2. The van der Waals surface area contributed by atoms with Crippen molar-refractivity contribution in [1.29, 1.82) is 0 Å². The molecular formula is C18H17ClFN5O2S. The molecule has 1 amide bonds. The van der Waals surface area contributed by atoms with E-state index in [0.29, 0.717) is 16.5 Å². The Labute approximate surface area is 170 Å². The lowest BCUT2D eigenvalue weighted by molar-refractivity contribution is -0.113. The molecule has 7 nitrogen and oxygen atoms in total. The number of amides is 1. The van der Waals surface area contributed by atoms with Gasteiger partial charge in [0, 0.05) is 11.1 Å². The number of nitrogens with two attached hydrogens (primary N) is 1. The smallest absolute Gasteiger partial charge is 0.234 e. The summed E-state index contributed by atoms with van der Waals surface area (Å²) < 4.78 is 20.3. The van der Waals surface area contributed by atoms with Gasteiger partial charge in [-0.2, -0.15) is 0 Å². The van der Waals surface area contributed by atoms with Gasteiger partial charge in [-0.05, 0) is 30.7 Å². The molecule has 1 aromatic heterocycles. The van der Waals surface area contributed by atoms with Crippen molar-refractivity contribution in [2.75, 3.05) is 24.0 Å². The molecule has 0 saturated heterocycles. The second-order valence-electron chi connectivity index (χ2n) is 5.79. The standard InChI is InChI=1S/C18H17ClFN5O2S/c1-10-7-14(15(27-2)8-12(10)19)22-16(26)9-28-18-24-23-17(25(18)21)11-5-3-4-6-13(11)20/h3-8H,9,21H2,1-2H3,(H,22,26). The van der Waals surface area contributed by atoms with Crippen LogP contribution >= 0.6 is 23.4 Å². The summed E-state index contributed by atoms with van der Waals surface area (Å²) in [5.74, 6) is 5.87. The molecule has 3 aromatic rings. The molecule has 0 atom stereocenters. The van der Waals surface area contributed by atoms with Gasteiger partial charge < -0.3 is 15.9 Å². The highest BCUT2D eigenvalue weighted by Gasteiger charge is 2.17. The monoisotopic (exact) mass is 421 g/mol. The number of hydrogen-bond donors (Lipinski definition) is 2. The summed E-state index contributed by atoms with van der Waals surface area (Å²) in [7, 11) is 1.49. The molecule has 0 saturated carbocycles. The first-order valence-corrected chi connectivity index (χ1v) is 9.49. The van der Waals surface area contributed by atoms with Crippen molar-refractivity contribution in [3.63, 3.8) is 0 Å². The van der Waals surface area contributed by atoms with Gasteiger partial charge in [0.1, 0.15) is 11.6 Å². The van der Waals surface area contributed by atoms with Gasteiger partial charge >= 0.3 is 0 Å². The van der Waals surface area contributed by atoms with Crippen LogP contribution in [0.2, 0.25) is 5.02 Å². The lowest BCUT2D eigenvalue weighted by atomic mass is 10.2. The largest absolute Gasteiger partial charge is 0.495 e. The lowest BCUT2D eigenvalue weighted by Crippen LogP contribution is -2.17. The van der Waals surface area contributed by atoms with Crippen molar-refractivity contribution < 1.29 is 13.9 Å². The Morgan fingerprint density at radius 1 is 1.36 bits per heavy atom. The second kappa shape index (κ2) is 8.49. The maximum absolute atomic E-state index is 13.9. The van der Waals surface area contributed by atoms with Crippen LogP contribution in [-0.4, -0.2) is 33.6 Å². The quantitative estimate of drug-likeness (QED) is 0.467. The molecule has 28 heavy (non-hydrogen) atoms. The minimum absolute atomic E-state index is 0.0252. The van der Waals surface area contributed by atoms with Gasteiger partial charge in [-0.1, -0.05) is 35.5 Å². The number of methoxy groups -OCH3 is 1. The molecule has 0 aliphatic rings. The molecule has 3 N–H and O–H groups in total. The van der Waals surface area contributed by atoms with Crippen LogP contribution < -0.4 is 15.9 Å². The fraction of sp³-hybridized carbons (Fsp3) is 0.167. The van der Waals surface area contributed by atoms with E-state index in [9.17, 15) is 9.18 Å². The highest BCUT2D eigenvalue weighted by atomic mass is 35.5. The van der Waals surface area contributed by atoms with Crippen molar-refractivity contribution in [1.82, 2.24) is 14.9 Å². The molecule has 0 unspecified atom stereocenters. The minimum Gasteiger partial charge on any atom is -0.495 e. The van der Waals surface area contributed by atoms with E-state index < -0.39 is 5.82 Å². The van der Waals surface area contributed by atoms with Crippen LogP contribution in [0.5, 0.6) is 5.75 Å². The van der Waals surface area contributed by atoms with Gasteiger partial charge in [0.15, 0.2) is 5.82 Å². The van der Waals surface area contributed by atoms with Crippen LogP contribution in [0.15, 0.2) is 41.6 Å². The number of carbonyl (C=O) groups is 1. The molecule has 3 rings (SSSR count). The summed E-state index contributed by atoms with van der Waals surface area (Å²) in [5.41, 5.74) is 1.55. The molecule has 0 aliphatic heterocycles. The number of aryl methyl sites for hydroxylation is 1. The van der Waals surface area contributed by atoms with Gasteiger partial charge in [-0.25, -0.2) is 9.07 Å². The predicted molar refractivity (Wildman–Crippen MR) is 108 cm³/mol. The first-order valence-electron chi connectivity index (χ1n) is 8.13. The van der Waals surface area contributed by atoms with Gasteiger partial charge in [0.2, 0.25) is 11.1 Å². The van der Waals surface area contributed by atoms with Crippen LogP contribution in [0.4, 0.5) is 10.1 Å². The molecule has 0 fully saturated rings. The van der Waals surface area contributed by atoms with Crippen molar-refractivity contribution >= 4 is 35.0 Å². The number of nitrogens with zero attached hydrogens (tertiary/aromatic N) is 3. The topological polar surface area (TPSA) is 95.1 Å². The molecule has 0 bridgehead atoms. The molecule has 0 aliphatic carbocycles. The second-order valence-corrected chi connectivity index (χ2v) is 7.14. The zero-order valence-electron chi connectivity index (χ0n) is 15.1. The van der Waals surface area contributed by atoms with E-state index >= 15 is 0 Å². The highest BCUT2D eigenvalue weighted by Crippen LogP contribution is 2.31. The minimum atomic E-state index is -0.457. The average Bonchev–Trinajstić information content (AvgIpc) is 3.03. The van der Waals surface area contributed by atoms with Gasteiger partial charge in [-0.3, -0.25) is 4.79 Å². The maximum atomic E-state index is 13.9. The third-order valence-corrected chi connectivity index (χ3v) is 5.22. The summed E-state index contributed by atoms with van der Waals surface area (Å²) in [4.78, 5) is 12.3. The third-order valence-electron chi connectivity index (χ3n) is 3.87. The van der Waals surface area contributed by atoms with Crippen molar-refractivity contribution in [3.8, 4) is 17.1 Å². The normalized spacial score (nSPS) is 10.7. The maximum Gasteiger partial charge on any atom is 0.234 e. The Hall–Kier alpha value is -2.78. The SMILES string of the molecule is COc1cc(Cl)c(C)cc1NC(=O)CSc1nnc(-c2ccccc2F)n1N. The Kier molecular flexibility index (Phi) is 6.05. The van der Waals surface area contributed by atoms with E-state index in [4.69, 9.17) is 22.2 Å². The van der Waals surface area contributed by atoms with Crippen LogP contribution in [0.3, 0.4) is 0 Å². The van der Waals surface area contributed by atoms with E-state index in [1.165, 1.54) is 13.2 Å². The molecular weight excluding hydrogens is 405 g/mol. The Morgan fingerprint density at radius 3 is 2.82 bits per heavy atom. The van der Waals surface area contributed by atoms with Crippen LogP contribution in [0.1, 0.15) is 5.56 Å². The molecule has 146 valence electrons. The zero-order chi connectivity index (χ0) is 20.3. The van der Waals surface area contributed by atoms with E-state index in [0.717, 1.165) is 22.0 Å². The fourth-order valence-corrected chi connectivity index (χ4v) is 3.26. The first-order chi connectivity index (χ1) is 13.4. The van der Waals surface area contributed by atoms with Crippen molar-refractivity contribution in [2.24, 2.45) is 0 Å². The first kappa shape index (κ1) is 20.0. The molecule has 1 heterocycles. The number of halogens is 2. The Bertz CT molecular complexity index is 1030. The summed E-state index contributed by atoms with van der Waals surface area (Å²) in [6.45, 7) is 1.83. The van der Waals surface area contributed by atoms with Gasteiger partial charge in [-0.15, -0.1) is 10.2 Å². The van der Waals surface area contributed by atoms with Gasteiger partial charge in [0.05, 0.1) is 24.1 Å². The summed E-state index contributed by atoms with van der Waals surface area (Å²) in [6.07, 6.45) is 0. The third kappa shape index (κ3) is 4.20. The highest BCUT2D eigenvalue weighted by molar-refractivity contribution is 7.99. The van der Waals surface area contributed by atoms with E-state index in [-0.39, 0.29) is 28.2 Å². The van der Waals surface area contributed by atoms with E-state index in [1.807, 2.05) is 6.92 Å². The summed E-state index contributed by atoms with van der Waals surface area (Å²) in [6, 6.07) is 9.48. The number of anilines is 1. The predicted octanol–water partition coefficient (Wildman–Crippen LogP) is 3.50. The van der Waals surface area contributed by atoms with Crippen molar-refractivity contribution in [3.05, 3.63) is 52.8 Å². The number of carbonyl (C=O) groups excluding carboxylic acids is 1. The lowest BCUT2D eigenvalue weighted by Gasteiger charge is -2.12. The van der Waals surface area contributed by atoms with E-state index in [2.05, 4.69) is 15.5 Å². The molecule has 10 heteroatoms. The summed E-state index contributed by atoms with van der Waals surface area (Å²) in [5, 5.41) is 11.4. The van der Waals surface area contributed by atoms with Gasteiger partial charge in [0.25, 0.3) is 0 Å². The van der Waals surface area contributed by atoms with Crippen LogP contribution in [0.25, 0.3) is 11.4 Å². The van der Waals surface area contributed by atoms with E-state index in [1.54, 1.807) is 30.3 Å². The number of nitrogens with one attached hydrogen (secondary N) is 1. The number of rotatable bonds is 6. The molecule has 2 aromatic carbocycles. The number of aromatic nitrogens is 3.